The van der Waals surface area contributed by atoms with E-state index >= 15 is 0 Å². The second-order valence-electron chi connectivity index (χ2n) is 3.25. The molecule has 0 saturated carbocycles. The van der Waals surface area contributed by atoms with Gasteiger partial charge in [0.1, 0.15) is 0 Å². The molecule has 4 nitrogen and oxygen atoms in total. The van der Waals surface area contributed by atoms with Crippen molar-refractivity contribution in [1.82, 2.24) is 5.32 Å². The number of carbonyl (C=O) groups is 2. The minimum Gasteiger partial charge on any atom is -0.481 e. The average Bonchev–Trinajstić information content (AvgIpc) is 1.81. The zero-order chi connectivity index (χ0) is 10.5. The van der Waals surface area contributed by atoms with E-state index in [1.807, 2.05) is 6.26 Å². The molecule has 0 spiro atoms. The molecule has 0 aromatic rings. The van der Waals surface area contributed by atoms with Crippen LogP contribution in [0.25, 0.3) is 0 Å². The summed E-state index contributed by atoms with van der Waals surface area (Å²) in [5.41, 5.74) is -0.642. The summed E-state index contributed by atoms with van der Waals surface area (Å²) in [6, 6.07) is 0. The largest absolute Gasteiger partial charge is 0.481 e. The van der Waals surface area contributed by atoms with Crippen LogP contribution in [-0.2, 0) is 9.59 Å². The van der Waals surface area contributed by atoms with Gasteiger partial charge in [0.05, 0.1) is 12.0 Å². The van der Waals surface area contributed by atoms with Crippen LogP contribution in [0.5, 0.6) is 0 Å². The normalized spacial score (nSPS) is 14.7. The van der Waals surface area contributed by atoms with Crippen LogP contribution >= 0.6 is 11.8 Å². The third-order valence-corrected chi connectivity index (χ3v) is 2.41. The van der Waals surface area contributed by atoms with E-state index in [4.69, 9.17) is 5.11 Å². The molecule has 0 saturated heterocycles. The van der Waals surface area contributed by atoms with Gasteiger partial charge >= 0.3 is 5.97 Å². The number of thioether (sulfide) groups is 1. The Morgan fingerprint density at radius 3 is 2.38 bits per heavy atom. The van der Waals surface area contributed by atoms with Crippen molar-refractivity contribution in [3.8, 4) is 0 Å². The molecule has 0 aliphatic heterocycles. The van der Waals surface area contributed by atoms with E-state index < -0.39 is 11.5 Å². The van der Waals surface area contributed by atoms with E-state index in [9.17, 15) is 9.59 Å². The summed E-state index contributed by atoms with van der Waals surface area (Å²) in [6.45, 7) is 3.12. The van der Waals surface area contributed by atoms with E-state index in [0.29, 0.717) is 5.75 Å². The lowest BCUT2D eigenvalue weighted by Crippen LogP contribution is -2.48. The molecular weight excluding hydrogens is 190 g/mol. The third-order valence-electron chi connectivity index (χ3n) is 1.48. The van der Waals surface area contributed by atoms with Crippen LogP contribution in [0.3, 0.4) is 0 Å². The topological polar surface area (TPSA) is 66.4 Å². The lowest BCUT2D eigenvalue weighted by atomic mass is 10.0. The minimum atomic E-state index is -0.898. The highest BCUT2D eigenvalue weighted by Crippen LogP contribution is 2.15. The van der Waals surface area contributed by atoms with Crippen molar-refractivity contribution in [2.24, 2.45) is 0 Å². The van der Waals surface area contributed by atoms with Crippen LogP contribution in [0.2, 0.25) is 0 Å². The van der Waals surface area contributed by atoms with Gasteiger partial charge in [0.25, 0.3) is 0 Å². The van der Waals surface area contributed by atoms with Gasteiger partial charge in [-0.05, 0) is 13.2 Å². The summed E-state index contributed by atoms with van der Waals surface area (Å²) in [5.74, 6) is -0.498. The minimum absolute atomic E-state index is 0.0482. The summed E-state index contributed by atoms with van der Waals surface area (Å²) < 4.78 is 0. The zero-order valence-corrected chi connectivity index (χ0v) is 8.90. The van der Waals surface area contributed by atoms with Gasteiger partial charge in [-0.25, -0.2) is 0 Å². The highest BCUT2D eigenvalue weighted by atomic mass is 32.2. The zero-order valence-electron chi connectivity index (χ0n) is 8.09. The monoisotopic (exact) mass is 205 g/mol. The summed E-state index contributed by atoms with van der Waals surface area (Å²) in [5, 5.41) is 11.3. The Kier molecular flexibility index (Phi) is 4.83. The molecule has 1 atom stereocenters. The van der Waals surface area contributed by atoms with Crippen LogP contribution in [0, 0.1) is 0 Å². The van der Waals surface area contributed by atoms with Crippen LogP contribution in [0.4, 0.5) is 0 Å². The number of hydrogen-bond donors (Lipinski definition) is 2. The molecule has 76 valence electrons. The number of nitrogens with one attached hydrogen (secondary N) is 1. The maximum atomic E-state index is 10.8. The number of carbonyl (C=O) groups excluding carboxylic acids is 1. The van der Waals surface area contributed by atoms with Gasteiger partial charge in [-0.3, -0.25) is 9.59 Å². The molecule has 0 aliphatic carbocycles. The fourth-order valence-electron chi connectivity index (χ4n) is 1.21. The second-order valence-corrected chi connectivity index (χ2v) is 4.11. The SMILES string of the molecule is CSCC(C)(CC(=O)O)NC(C)=O. The molecule has 0 heterocycles. The van der Waals surface area contributed by atoms with E-state index in [1.54, 1.807) is 6.92 Å². The molecule has 2 N–H and O–H groups in total. The molecule has 5 heteroatoms. The van der Waals surface area contributed by atoms with E-state index in [1.165, 1.54) is 18.7 Å². The molecule has 0 radical (unpaired) electrons. The fraction of sp³-hybridized carbons (Fsp3) is 0.750. The van der Waals surface area contributed by atoms with Crippen LogP contribution in [-0.4, -0.2) is 34.5 Å². The first kappa shape index (κ1) is 12.3. The lowest BCUT2D eigenvalue weighted by Gasteiger charge is -2.27. The van der Waals surface area contributed by atoms with Crippen molar-refractivity contribution >= 4 is 23.6 Å². The molecule has 0 bridgehead atoms. The standard InChI is InChI=1S/C8H15NO3S/c1-6(10)9-8(2,5-13-3)4-7(11)12/h4-5H2,1-3H3,(H,9,10)(H,11,12). The smallest absolute Gasteiger partial charge is 0.305 e. The van der Waals surface area contributed by atoms with E-state index in [2.05, 4.69) is 5.32 Å². The van der Waals surface area contributed by atoms with Gasteiger partial charge in [-0.15, -0.1) is 0 Å². The highest BCUT2D eigenvalue weighted by molar-refractivity contribution is 7.98. The summed E-state index contributed by atoms with van der Waals surface area (Å²) >= 11 is 1.51. The van der Waals surface area contributed by atoms with Crippen LogP contribution in [0.15, 0.2) is 0 Å². The Balaban J connectivity index is 4.32. The highest BCUT2D eigenvalue weighted by Gasteiger charge is 2.27. The number of aliphatic carboxylic acids is 1. The molecule has 0 aromatic heterocycles. The van der Waals surface area contributed by atoms with Crippen molar-refractivity contribution in [1.29, 1.82) is 0 Å². The van der Waals surface area contributed by atoms with Gasteiger partial charge in [0.15, 0.2) is 0 Å². The first-order chi connectivity index (χ1) is 5.89. The Morgan fingerprint density at radius 2 is 2.08 bits per heavy atom. The Morgan fingerprint density at radius 1 is 1.54 bits per heavy atom. The molecule has 13 heavy (non-hydrogen) atoms. The van der Waals surface area contributed by atoms with Crippen molar-refractivity contribution in [3.63, 3.8) is 0 Å². The van der Waals surface area contributed by atoms with Gasteiger partial charge in [-0.1, -0.05) is 0 Å². The lowest BCUT2D eigenvalue weighted by molar-refractivity contribution is -0.138. The average molecular weight is 205 g/mol. The first-order valence-corrected chi connectivity index (χ1v) is 5.28. The number of amides is 1. The van der Waals surface area contributed by atoms with Crippen LogP contribution in [0.1, 0.15) is 20.3 Å². The van der Waals surface area contributed by atoms with Crippen molar-refractivity contribution in [2.45, 2.75) is 25.8 Å². The number of hydrogen-bond acceptors (Lipinski definition) is 3. The maximum absolute atomic E-state index is 10.8. The summed E-state index contributed by atoms with van der Waals surface area (Å²) in [7, 11) is 0. The number of carboxylic acids is 1. The number of rotatable bonds is 5. The Hall–Kier alpha value is -0.710. The molecule has 1 amide bonds. The Bertz CT molecular complexity index is 190. The molecule has 0 aromatic carbocycles. The molecule has 0 aliphatic rings. The fourth-order valence-corrected chi connectivity index (χ4v) is 2.02. The second kappa shape index (κ2) is 5.11. The van der Waals surface area contributed by atoms with Crippen molar-refractivity contribution < 1.29 is 14.7 Å². The molecule has 1 unspecified atom stereocenters. The predicted molar refractivity (Wildman–Crippen MR) is 52.9 cm³/mol. The van der Waals surface area contributed by atoms with E-state index in [0.717, 1.165) is 0 Å². The van der Waals surface area contributed by atoms with Gasteiger partial charge in [-0.2, -0.15) is 11.8 Å². The summed E-state index contributed by atoms with van der Waals surface area (Å²) in [4.78, 5) is 21.3. The third kappa shape index (κ3) is 5.52. The van der Waals surface area contributed by atoms with Crippen molar-refractivity contribution in [2.75, 3.05) is 12.0 Å². The Labute approximate surface area is 82.1 Å². The molecular formula is C8H15NO3S. The van der Waals surface area contributed by atoms with Gasteiger partial charge in [0.2, 0.25) is 5.91 Å². The van der Waals surface area contributed by atoms with E-state index in [-0.39, 0.29) is 12.3 Å². The van der Waals surface area contributed by atoms with Gasteiger partial charge in [0, 0.05) is 12.7 Å². The maximum Gasteiger partial charge on any atom is 0.305 e. The number of carboxylic acid groups (broad SMARTS) is 1. The first-order valence-electron chi connectivity index (χ1n) is 3.89. The van der Waals surface area contributed by atoms with Crippen LogP contribution < -0.4 is 5.32 Å². The quantitative estimate of drug-likeness (QED) is 0.694. The van der Waals surface area contributed by atoms with Crippen molar-refractivity contribution in [3.05, 3.63) is 0 Å². The molecule has 0 fully saturated rings. The van der Waals surface area contributed by atoms with Gasteiger partial charge < -0.3 is 10.4 Å². The molecule has 0 rings (SSSR count). The summed E-state index contributed by atoms with van der Waals surface area (Å²) in [6.07, 6.45) is 1.83. The predicted octanol–water partition coefficient (Wildman–Crippen LogP) is 0.719.